The van der Waals surface area contributed by atoms with E-state index in [1.807, 2.05) is 0 Å². The highest BCUT2D eigenvalue weighted by atomic mass is 35.5. The van der Waals surface area contributed by atoms with Gasteiger partial charge in [0.05, 0.1) is 28.2 Å². The molecule has 2 amide bonds. The van der Waals surface area contributed by atoms with E-state index in [1.54, 1.807) is 24.3 Å². The Hall–Kier alpha value is -2.82. The molecule has 36 heavy (non-hydrogen) atoms. The SMILES string of the molecule is CS(=O)(=O)N(CC(=O)N/N=C\c1ccc(OCC(=O)NC2CCCCC2)cc1)c1ccc(Cl)c(Cl)c1. The van der Waals surface area contributed by atoms with Crippen LogP contribution in [0.5, 0.6) is 5.75 Å². The molecule has 3 rings (SSSR count). The molecular weight excluding hydrogens is 527 g/mol. The molecule has 2 N–H and O–H groups in total. The van der Waals surface area contributed by atoms with Crippen molar-refractivity contribution in [2.75, 3.05) is 23.7 Å². The predicted molar refractivity (Wildman–Crippen MR) is 141 cm³/mol. The van der Waals surface area contributed by atoms with Crippen molar-refractivity contribution in [3.63, 3.8) is 0 Å². The fourth-order valence-electron chi connectivity index (χ4n) is 3.70. The van der Waals surface area contributed by atoms with Gasteiger partial charge in [0.25, 0.3) is 11.8 Å². The third-order valence-corrected chi connectivity index (χ3v) is 7.38. The molecule has 1 saturated carbocycles. The molecular formula is C24H28Cl2N4O5S. The maximum absolute atomic E-state index is 12.3. The first-order valence-corrected chi connectivity index (χ1v) is 14.0. The molecule has 1 fully saturated rings. The van der Waals surface area contributed by atoms with E-state index < -0.39 is 22.5 Å². The molecule has 1 aliphatic rings. The smallest absolute Gasteiger partial charge is 0.260 e. The summed E-state index contributed by atoms with van der Waals surface area (Å²) in [6.45, 7) is -0.556. The molecule has 0 radical (unpaired) electrons. The zero-order chi connectivity index (χ0) is 26.1. The second-order valence-electron chi connectivity index (χ2n) is 8.42. The molecule has 0 aliphatic heterocycles. The fourth-order valence-corrected chi connectivity index (χ4v) is 4.84. The van der Waals surface area contributed by atoms with Crippen molar-refractivity contribution in [1.82, 2.24) is 10.7 Å². The number of benzene rings is 2. The zero-order valence-corrected chi connectivity index (χ0v) is 22.1. The number of nitrogens with zero attached hydrogens (tertiary/aromatic N) is 2. The molecule has 2 aromatic carbocycles. The number of carbonyl (C=O) groups excluding carboxylic acids is 2. The fraction of sp³-hybridized carbons (Fsp3) is 0.375. The molecule has 0 unspecified atom stereocenters. The van der Waals surface area contributed by atoms with Gasteiger partial charge in [-0.05, 0) is 60.9 Å². The van der Waals surface area contributed by atoms with E-state index >= 15 is 0 Å². The van der Waals surface area contributed by atoms with Crippen LogP contribution in [-0.4, -0.2) is 51.9 Å². The number of hydrogen-bond donors (Lipinski definition) is 2. The third-order valence-electron chi connectivity index (χ3n) is 5.50. The highest BCUT2D eigenvalue weighted by Gasteiger charge is 2.21. The summed E-state index contributed by atoms with van der Waals surface area (Å²) < 4.78 is 30.8. The monoisotopic (exact) mass is 554 g/mol. The van der Waals surface area contributed by atoms with Crippen LogP contribution in [0.3, 0.4) is 0 Å². The molecule has 1 aliphatic carbocycles. The van der Waals surface area contributed by atoms with Crippen molar-refractivity contribution in [1.29, 1.82) is 0 Å². The Labute approximate surface area is 220 Å². The molecule has 12 heteroatoms. The number of nitrogens with one attached hydrogen (secondary N) is 2. The molecule has 0 spiro atoms. The first-order chi connectivity index (χ1) is 17.1. The lowest BCUT2D eigenvalue weighted by molar-refractivity contribution is -0.124. The average molecular weight is 555 g/mol. The van der Waals surface area contributed by atoms with E-state index in [0.29, 0.717) is 11.3 Å². The minimum Gasteiger partial charge on any atom is -0.484 e. The third kappa shape index (κ3) is 8.69. The van der Waals surface area contributed by atoms with Crippen LogP contribution in [0.15, 0.2) is 47.6 Å². The van der Waals surface area contributed by atoms with Gasteiger partial charge in [-0.2, -0.15) is 5.10 Å². The van der Waals surface area contributed by atoms with Crippen LogP contribution in [0.4, 0.5) is 5.69 Å². The summed E-state index contributed by atoms with van der Waals surface area (Å²) in [4.78, 5) is 24.4. The van der Waals surface area contributed by atoms with E-state index in [9.17, 15) is 18.0 Å². The second kappa shape index (κ2) is 12.9. The highest BCUT2D eigenvalue weighted by molar-refractivity contribution is 7.92. The summed E-state index contributed by atoms with van der Waals surface area (Å²) in [5.41, 5.74) is 3.17. The van der Waals surface area contributed by atoms with Crippen molar-refractivity contribution in [3.8, 4) is 5.75 Å². The van der Waals surface area contributed by atoms with E-state index in [0.717, 1.165) is 36.2 Å². The summed E-state index contributed by atoms with van der Waals surface area (Å²) in [5, 5.41) is 7.30. The van der Waals surface area contributed by atoms with Gasteiger partial charge in [0.1, 0.15) is 12.3 Å². The molecule has 194 valence electrons. The maximum atomic E-state index is 12.3. The Kier molecular flexibility index (Phi) is 9.98. The van der Waals surface area contributed by atoms with Gasteiger partial charge in [-0.15, -0.1) is 0 Å². The summed E-state index contributed by atoms with van der Waals surface area (Å²) in [6.07, 6.45) is 7.91. The van der Waals surface area contributed by atoms with Gasteiger partial charge in [-0.25, -0.2) is 13.8 Å². The number of anilines is 1. The molecule has 0 atom stereocenters. The Bertz CT molecular complexity index is 1200. The Balaban J connectivity index is 1.48. The lowest BCUT2D eigenvalue weighted by Crippen LogP contribution is -2.39. The van der Waals surface area contributed by atoms with Crippen molar-refractivity contribution < 1.29 is 22.7 Å². The Morgan fingerprint density at radius 3 is 2.39 bits per heavy atom. The maximum Gasteiger partial charge on any atom is 0.260 e. The number of rotatable bonds is 10. The van der Waals surface area contributed by atoms with Gasteiger partial charge in [0.15, 0.2) is 6.61 Å². The van der Waals surface area contributed by atoms with E-state index in [2.05, 4.69) is 15.8 Å². The summed E-state index contributed by atoms with van der Waals surface area (Å²) in [5.74, 6) is -0.258. The molecule has 0 saturated heterocycles. The van der Waals surface area contributed by atoms with Gasteiger partial charge in [-0.1, -0.05) is 42.5 Å². The first-order valence-electron chi connectivity index (χ1n) is 11.4. The van der Waals surface area contributed by atoms with Crippen molar-refractivity contribution in [2.45, 2.75) is 38.1 Å². The van der Waals surface area contributed by atoms with E-state index in [4.69, 9.17) is 27.9 Å². The van der Waals surface area contributed by atoms with Crippen LogP contribution >= 0.6 is 23.2 Å². The van der Waals surface area contributed by atoms with Crippen molar-refractivity contribution in [3.05, 3.63) is 58.1 Å². The van der Waals surface area contributed by atoms with Crippen LogP contribution < -0.4 is 19.8 Å². The number of ether oxygens (including phenoxy) is 1. The minimum absolute atomic E-state index is 0.0599. The number of carbonyl (C=O) groups is 2. The molecule has 0 bridgehead atoms. The van der Waals surface area contributed by atoms with E-state index in [-0.39, 0.29) is 34.3 Å². The number of hydrazone groups is 1. The largest absolute Gasteiger partial charge is 0.484 e. The van der Waals surface area contributed by atoms with E-state index in [1.165, 1.54) is 30.8 Å². The van der Waals surface area contributed by atoms with Crippen LogP contribution in [0.25, 0.3) is 0 Å². The standard InChI is InChI=1S/C24H28Cl2N4O5S/c1-36(33,34)30(19-9-12-21(25)22(26)13-19)15-23(31)29-27-14-17-7-10-20(11-8-17)35-16-24(32)28-18-5-3-2-4-6-18/h7-14,18H,2-6,15-16H2,1H3,(H,28,32)(H,29,31)/b27-14-. The number of halogens is 2. The van der Waals surface area contributed by atoms with Crippen molar-refractivity contribution >= 4 is 56.9 Å². The lowest BCUT2D eigenvalue weighted by Gasteiger charge is -2.22. The zero-order valence-electron chi connectivity index (χ0n) is 19.7. The second-order valence-corrected chi connectivity index (χ2v) is 11.1. The van der Waals surface area contributed by atoms with Crippen LogP contribution in [-0.2, 0) is 19.6 Å². The number of sulfonamides is 1. The van der Waals surface area contributed by atoms with Gasteiger partial charge < -0.3 is 10.1 Å². The highest BCUT2D eigenvalue weighted by Crippen LogP contribution is 2.28. The summed E-state index contributed by atoms with van der Waals surface area (Å²) in [6, 6.07) is 11.3. The van der Waals surface area contributed by atoms with Crippen LogP contribution in [0.1, 0.15) is 37.7 Å². The number of hydrogen-bond acceptors (Lipinski definition) is 6. The van der Waals surface area contributed by atoms with Crippen molar-refractivity contribution in [2.24, 2.45) is 5.10 Å². The topological polar surface area (TPSA) is 117 Å². The normalized spacial score (nSPS) is 14.4. The lowest BCUT2D eigenvalue weighted by atomic mass is 9.95. The van der Waals surface area contributed by atoms with Crippen LogP contribution in [0.2, 0.25) is 10.0 Å². The molecule has 9 nitrogen and oxygen atoms in total. The van der Waals surface area contributed by atoms with Gasteiger partial charge in [-0.3, -0.25) is 13.9 Å². The Morgan fingerprint density at radius 2 is 1.75 bits per heavy atom. The summed E-state index contributed by atoms with van der Waals surface area (Å²) >= 11 is 11.9. The predicted octanol–water partition coefficient (Wildman–Crippen LogP) is 3.74. The number of amides is 2. The van der Waals surface area contributed by atoms with Crippen LogP contribution in [0, 0.1) is 0 Å². The molecule has 2 aromatic rings. The average Bonchev–Trinajstić information content (AvgIpc) is 2.84. The molecule has 0 aromatic heterocycles. The summed E-state index contributed by atoms with van der Waals surface area (Å²) in [7, 11) is -3.77. The molecule has 0 heterocycles. The van der Waals surface area contributed by atoms with Gasteiger partial charge in [0.2, 0.25) is 10.0 Å². The first kappa shape index (κ1) is 27.8. The van der Waals surface area contributed by atoms with Gasteiger partial charge >= 0.3 is 0 Å². The van der Waals surface area contributed by atoms with Gasteiger partial charge in [0, 0.05) is 6.04 Å². The Morgan fingerprint density at radius 1 is 1.06 bits per heavy atom. The minimum atomic E-state index is -3.77. The quantitative estimate of drug-likeness (QED) is 0.342.